The molecule has 0 saturated carbocycles. The number of aliphatic carboxylic acids is 1. The highest BCUT2D eigenvalue weighted by Crippen LogP contribution is 1.96. The lowest BCUT2D eigenvalue weighted by atomic mass is 10.1. The molecule has 0 heterocycles. The Hall–Kier alpha value is -0.940. The quantitative estimate of drug-likeness (QED) is 0.482. The van der Waals surface area contributed by atoms with Gasteiger partial charge >= 0.3 is 5.97 Å². The van der Waals surface area contributed by atoms with Crippen LogP contribution in [0, 0.1) is 0 Å². The number of unbranched alkanes of at least 4 members (excludes halogenated alkanes) is 1. The molecular formula is C7H16N2O3. The summed E-state index contributed by atoms with van der Waals surface area (Å²) in [5.74, 6) is -0.933. The van der Waals surface area contributed by atoms with Gasteiger partial charge in [0.1, 0.15) is 12.8 Å². The summed E-state index contributed by atoms with van der Waals surface area (Å²) in [4.78, 5) is 18.1. The van der Waals surface area contributed by atoms with E-state index in [4.69, 9.17) is 21.4 Å². The van der Waals surface area contributed by atoms with Crippen LogP contribution in [0.15, 0.2) is 0 Å². The molecule has 0 aliphatic rings. The van der Waals surface area contributed by atoms with E-state index in [0.717, 1.165) is 12.8 Å². The summed E-state index contributed by atoms with van der Waals surface area (Å²) in [6.45, 7) is 2.60. The fourth-order valence-corrected chi connectivity index (χ4v) is 0.632. The topological polar surface area (TPSA) is 106 Å². The molecule has 0 aromatic carbocycles. The zero-order chi connectivity index (χ0) is 9.98. The highest BCUT2D eigenvalue weighted by Gasteiger charge is 2.09. The third kappa shape index (κ3) is 9.06. The van der Waals surface area contributed by atoms with Crippen LogP contribution in [0.4, 0.5) is 0 Å². The van der Waals surface area contributed by atoms with Gasteiger partial charge in [0.15, 0.2) is 0 Å². The average molecular weight is 176 g/mol. The van der Waals surface area contributed by atoms with Gasteiger partial charge in [0, 0.05) is 0 Å². The van der Waals surface area contributed by atoms with E-state index in [1.54, 1.807) is 0 Å². The maximum atomic E-state index is 10.1. The Morgan fingerprint density at radius 2 is 1.92 bits per heavy atom. The molecule has 0 amide bonds. The Morgan fingerprint density at radius 1 is 1.42 bits per heavy atom. The van der Waals surface area contributed by atoms with Crippen molar-refractivity contribution < 1.29 is 14.7 Å². The van der Waals surface area contributed by atoms with Crippen molar-refractivity contribution in [2.24, 2.45) is 11.5 Å². The van der Waals surface area contributed by atoms with Crippen LogP contribution in [-0.2, 0) is 9.59 Å². The average Bonchev–Trinajstić information content (AvgIpc) is 2.08. The standard InChI is InChI=1S/C6H14N2O2.CH2O/c7-4-2-1-3-5(8)6(9)10;1-2/h5H,1-4,7-8H2,(H,9,10);1H2. The number of nitrogens with two attached hydrogens (primary N) is 2. The molecule has 5 N–H and O–H groups in total. The van der Waals surface area contributed by atoms with E-state index < -0.39 is 12.0 Å². The monoisotopic (exact) mass is 176 g/mol. The maximum Gasteiger partial charge on any atom is 0.320 e. The van der Waals surface area contributed by atoms with Crippen LogP contribution >= 0.6 is 0 Å². The zero-order valence-electron chi connectivity index (χ0n) is 7.03. The Bertz CT molecular complexity index is 119. The van der Waals surface area contributed by atoms with Crippen LogP contribution in [0.25, 0.3) is 0 Å². The van der Waals surface area contributed by atoms with E-state index in [1.165, 1.54) is 0 Å². The van der Waals surface area contributed by atoms with Gasteiger partial charge in [-0.25, -0.2) is 0 Å². The third-order valence-electron chi connectivity index (χ3n) is 1.29. The second-order valence-electron chi connectivity index (χ2n) is 2.23. The zero-order valence-corrected chi connectivity index (χ0v) is 7.03. The van der Waals surface area contributed by atoms with Crippen LogP contribution < -0.4 is 11.5 Å². The van der Waals surface area contributed by atoms with Gasteiger partial charge in [-0.3, -0.25) is 4.79 Å². The van der Waals surface area contributed by atoms with Crippen molar-refractivity contribution in [3.63, 3.8) is 0 Å². The number of carboxylic acid groups (broad SMARTS) is 1. The summed E-state index contributed by atoms with van der Waals surface area (Å²) in [6, 6.07) is -0.716. The highest BCUT2D eigenvalue weighted by molar-refractivity contribution is 5.72. The lowest BCUT2D eigenvalue weighted by molar-refractivity contribution is -0.138. The van der Waals surface area contributed by atoms with Crippen molar-refractivity contribution in [2.45, 2.75) is 25.3 Å². The number of carbonyl (C=O) groups excluding carboxylic acids is 1. The second-order valence-corrected chi connectivity index (χ2v) is 2.23. The van der Waals surface area contributed by atoms with Gasteiger partial charge in [-0.1, -0.05) is 6.42 Å². The molecule has 0 radical (unpaired) electrons. The van der Waals surface area contributed by atoms with Gasteiger partial charge in [-0.05, 0) is 19.4 Å². The first-order valence-electron chi connectivity index (χ1n) is 3.65. The lowest BCUT2D eigenvalue weighted by Crippen LogP contribution is -2.29. The smallest absolute Gasteiger partial charge is 0.320 e. The molecule has 72 valence electrons. The molecule has 5 nitrogen and oxygen atoms in total. The molecule has 0 bridgehead atoms. The first-order chi connectivity index (χ1) is 5.68. The summed E-state index contributed by atoms with van der Waals surface area (Å²) >= 11 is 0. The summed E-state index contributed by atoms with van der Waals surface area (Å²) in [5, 5.41) is 8.33. The predicted molar refractivity (Wildman–Crippen MR) is 45.6 cm³/mol. The van der Waals surface area contributed by atoms with Crippen molar-refractivity contribution in [2.75, 3.05) is 6.54 Å². The second kappa shape index (κ2) is 10.1. The summed E-state index contributed by atoms with van der Waals surface area (Å²) in [6.07, 6.45) is 2.16. The normalized spacial score (nSPS) is 11.2. The molecule has 0 rings (SSSR count). The molecular weight excluding hydrogens is 160 g/mol. The first kappa shape index (κ1) is 13.6. The SMILES string of the molecule is C=O.NCCCCC(N)C(=O)O. The van der Waals surface area contributed by atoms with Gasteiger partial charge in [-0.15, -0.1) is 0 Å². The van der Waals surface area contributed by atoms with Crippen LogP contribution in [0.1, 0.15) is 19.3 Å². The van der Waals surface area contributed by atoms with Gasteiger partial charge in [0.25, 0.3) is 0 Å². The highest BCUT2D eigenvalue weighted by atomic mass is 16.4. The number of hydrogen-bond donors (Lipinski definition) is 3. The van der Waals surface area contributed by atoms with Gasteiger partial charge in [-0.2, -0.15) is 0 Å². The fourth-order valence-electron chi connectivity index (χ4n) is 0.632. The molecule has 0 aromatic heterocycles. The third-order valence-corrected chi connectivity index (χ3v) is 1.29. The lowest BCUT2D eigenvalue weighted by Gasteiger charge is -2.03. The summed E-state index contributed by atoms with van der Waals surface area (Å²) in [5.41, 5.74) is 10.4. The molecule has 1 unspecified atom stereocenters. The van der Waals surface area contributed by atoms with E-state index in [-0.39, 0.29) is 0 Å². The molecule has 0 aromatic rings. The van der Waals surface area contributed by atoms with Crippen molar-refractivity contribution in [1.82, 2.24) is 0 Å². The summed E-state index contributed by atoms with van der Waals surface area (Å²) < 4.78 is 0. The van der Waals surface area contributed by atoms with E-state index >= 15 is 0 Å². The molecule has 0 aliphatic heterocycles. The molecule has 0 spiro atoms. The van der Waals surface area contributed by atoms with Crippen LogP contribution in [0.3, 0.4) is 0 Å². The molecule has 5 heteroatoms. The van der Waals surface area contributed by atoms with Crippen molar-refractivity contribution in [1.29, 1.82) is 0 Å². The molecule has 1 atom stereocenters. The van der Waals surface area contributed by atoms with Crippen LogP contribution in [-0.4, -0.2) is 30.5 Å². The fraction of sp³-hybridized carbons (Fsp3) is 0.714. The van der Waals surface area contributed by atoms with Crippen LogP contribution in [0.5, 0.6) is 0 Å². The Labute approximate surface area is 71.7 Å². The molecule has 12 heavy (non-hydrogen) atoms. The molecule has 0 fully saturated rings. The Morgan fingerprint density at radius 3 is 2.25 bits per heavy atom. The van der Waals surface area contributed by atoms with E-state index in [1.807, 2.05) is 6.79 Å². The van der Waals surface area contributed by atoms with E-state index in [0.29, 0.717) is 13.0 Å². The predicted octanol–water partition coefficient (Wildman–Crippen LogP) is -0.658. The van der Waals surface area contributed by atoms with Crippen molar-refractivity contribution in [3.05, 3.63) is 0 Å². The summed E-state index contributed by atoms with van der Waals surface area (Å²) in [7, 11) is 0. The minimum atomic E-state index is -0.933. The molecule has 0 aliphatic carbocycles. The van der Waals surface area contributed by atoms with Gasteiger partial charge in [0.2, 0.25) is 0 Å². The van der Waals surface area contributed by atoms with Crippen molar-refractivity contribution >= 4 is 12.8 Å². The first-order valence-corrected chi connectivity index (χ1v) is 3.65. The Kier molecular flexibility index (Phi) is 11.4. The van der Waals surface area contributed by atoms with Gasteiger partial charge in [0.05, 0.1) is 0 Å². The number of rotatable bonds is 5. The van der Waals surface area contributed by atoms with Crippen molar-refractivity contribution in [3.8, 4) is 0 Å². The minimum Gasteiger partial charge on any atom is -0.480 e. The number of carbonyl (C=O) groups is 2. The number of carboxylic acids is 1. The number of hydrogen-bond acceptors (Lipinski definition) is 4. The van der Waals surface area contributed by atoms with E-state index in [2.05, 4.69) is 0 Å². The van der Waals surface area contributed by atoms with Crippen LogP contribution in [0.2, 0.25) is 0 Å². The maximum absolute atomic E-state index is 10.1. The van der Waals surface area contributed by atoms with E-state index in [9.17, 15) is 4.79 Å². The molecule has 0 saturated heterocycles. The largest absolute Gasteiger partial charge is 0.480 e. The Balaban J connectivity index is 0. The minimum absolute atomic E-state index is 0.520. The van der Waals surface area contributed by atoms with Gasteiger partial charge < -0.3 is 21.4 Å².